The number of likely N-dealkylation sites (tertiary alicyclic amines) is 1. The van der Waals surface area contributed by atoms with Crippen LogP contribution >= 0.6 is 0 Å². The van der Waals surface area contributed by atoms with Crippen molar-refractivity contribution in [1.29, 1.82) is 0 Å². The van der Waals surface area contributed by atoms with Gasteiger partial charge in [-0.1, -0.05) is 6.92 Å². The second-order valence-corrected chi connectivity index (χ2v) is 9.54. The lowest BCUT2D eigenvalue weighted by molar-refractivity contribution is -0.126. The number of fused-ring (bicyclic) bond motifs is 1. The highest BCUT2D eigenvalue weighted by Crippen LogP contribution is 2.18. The molecule has 0 spiro atoms. The van der Waals surface area contributed by atoms with Gasteiger partial charge in [0.05, 0.1) is 43.3 Å². The van der Waals surface area contributed by atoms with E-state index in [-0.39, 0.29) is 11.9 Å². The van der Waals surface area contributed by atoms with E-state index in [1.54, 1.807) is 0 Å². The molecule has 0 saturated carbocycles. The van der Waals surface area contributed by atoms with Gasteiger partial charge in [-0.05, 0) is 44.8 Å². The van der Waals surface area contributed by atoms with Crippen molar-refractivity contribution in [2.24, 2.45) is 5.92 Å². The molecule has 1 fully saturated rings. The molecule has 3 rings (SSSR count). The molecule has 1 N–H and O–H groups in total. The maximum absolute atomic E-state index is 12.4. The number of carbonyl (C=O) groups is 1. The van der Waals surface area contributed by atoms with Gasteiger partial charge in [0.15, 0.2) is 0 Å². The van der Waals surface area contributed by atoms with Crippen molar-refractivity contribution in [3.63, 3.8) is 0 Å². The van der Waals surface area contributed by atoms with Crippen LogP contribution in [0.4, 0.5) is 0 Å². The predicted octanol–water partition coefficient (Wildman–Crippen LogP) is 0.395. The molecule has 1 atom stereocenters. The number of sulfonamides is 1. The number of nitrogens with one attached hydrogen (secondary N) is 1. The number of hydrogen-bond acceptors (Lipinski definition) is 5. The number of aromatic nitrogens is 2. The highest BCUT2D eigenvalue weighted by Gasteiger charge is 2.26. The molecule has 1 aromatic rings. The Bertz CT molecular complexity index is 752. The largest absolute Gasteiger partial charge is 0.349 e. The number of rotatable bonds is 5. The second-order valence-electron chi connectivity index (χ2n) is 7.56. The molecule has 8 nitrogen and oxygen atoms in total. The summed E-state index contributed by atoms with van der Waals surface area (Å²) in [7, 11) is -3.20. The molecule has 0 radical (unpaired) electrons. The van der Waals surface area contributed by atoms with Gasteiger partial charge in [0.1, 0.15) is 0 Å². The fourth-order valence-electron chi connectivity index (χ4n) is 3.58. The third kappa shape index (κ3) is 4.44. The lowest BCUT2D eigenvalue weighted by Crippen LogP contribution is -2.47. The van der Waals surface area contributed by atoms with Crippen molar-refractivity contribution in [3.8, 4) is 0 Å². The highest BCUT2D eigenvalue weighted by atomic mass is 32.2. The van der Waals surface area contributed by atoms with Crippen molar-refractivity contribution in [1.82, 2.24) is 24.3 Å². The SMILES string of the molecule is CC1CCN([C@H](C)C(=O)NCc2cc3n(n2)CCN(S(C)(=O)=O)C3)CC1. The molecular weight excluding hydrogens is 354 g/mol. The molecule has 0 aliphatic carbocycles. The maximum Gasteiger partial charge on any atom is 0.237 e. The lowest BCUT2D eigenvalue weighted by atomic mass is 9.98. The zero-order valence-electron chi connectivity index (χ0n) is 15.8. The maximum atomic E-state index is 12.4. The molecule has 1 saturated heterocycles. The highest BCUT2D eigenvalue weighted by molar-refractivity contribution is 7.88. The number of amides is 1. The minimum Gasteiger partial charge on any atom is -0.349 e. The van der Waals surface area contributed by atoms with Crippen molar-refractivity contribution in [3.05, 3.63) is 17.5 Å². The molecule has 1 aromatic heterocycles. The van der Waals surface area contributed by atoms with Crippen molar-refractivity contribution >= 4 is 15.9 Å². The molecule has 2 aliphatic heterocycles. The van der Waals surface area contributed by atoms with Crippen LogP contribution in [-0.4, -0.2) is 65.2 Å². The quantitative estimate of drug-likeness (QED) is 0.795. The van der Waals surface area contributed by atoms with E-state index in [4.69, 9.17) is 0 Å². The monoisotopic (exact) mass is 383 g/mol. The van der Waals surface area contributed by atoms with E-state index in [0.29, 0.717) is 26.2 Å². The summed E-state index contributed by atoms with van der Waals surface area (Å²) >= 11 is 0. The van der Waals surface area contributed by atoms with Gasteiger partial charge < -0.3 is 5.32 Å². The van der Waals surface area contributed by atoms with Gasteiger partial charge in [0.25, 0.3) is 0 Å². The Morgan fingerprint density at radius 1 is 1.31 bits per heavy atom. The van der Waals surface area contributed by atoms with Gasteiger partial charge in [0.2, 0.25) is 15.9 Å². The fourth-order valence-corrected chi connectivity index (χ4v) is 4.36. The number of hydrogen-bond donors (Lipinski definition) is 1. The van der Waals surface area contributed by atoms with Crippen LogP contribution in [-0.2, 0) is 34.5 Å². The van der Waals surface area contributed by atoms with Gasteiger partial charge in [-0.3, -0.25) is 14.4 Å². The summed E-state index contributed by atoms with van der Waals surface area (Å²) in [6.45, 7) is 7.82. The molecule has 26 heavy (non-hydrogen) atoms. The summed E-state index contributed by atoms with van der Waals surface area (Å²) in [5, 5.41) is 7.46. The molecular formula is C17H29N5O3S. The normalized spacial score (nSPS) is 21.3. The van der Waals surface area contributed by atoms with E-state index in [1.807, 2.05) is 17.7 Å². The molecule has 0 unspecified atom stereocenters. The Morgan fingerprint density at radius 3 is 2.65 bits per heavy atom. The summed E-state index contributed by atoms with van der Waals surface area (Å²) in [6.07, 6.45) is 3.51. The standard InChI is InChI=1S/C17H29N5O3S/c1-13-4-6-20(7-5-13)14(2)17(23)18-11-15-10-16-12-21(26(3,24)25)8-9-22(16)19-15/h10,13-14H,4-9,11-12H2,1-3H3,(H,18,23)/t14-/m1/s1. The third-order valence-electron chi connectivity index (χ3n) is 5.47. The average molecular weight is 384 g/mol. The first-order chi connectivity index (χ1) is 12.2. The van der Waals surface area contributed by atoms with Crippen molar-refractivity contribution in [2.45, 2.75) is 52.4 Å². The van der Waals surface area contributed by atoms with Crippen LogP contribution in [0, 0.1) is 5.92 Å². The third-order valence-corrected chi connectivity index (χ3v) is 6.72. The Balaban J connectivity index is 1.54. The molecule has 0 aromatic carbocycles. The Morgan fingerprint density at radius 2 is 2.00 bits per heavy atom. The molecule has 2 aliphatic rings. The van der Waals surface area contributed by atoms with Gasteiger partial charge in [-0.25, -0.2) is 8.42 Å². The minimum absolute atomic E-state index is 0.0169. The minimum atomic E-state index is -3.20. The van der Waals surface area contributed by atoms with Crippen LogP contribution in [0.15, 0.2) is 6.07 Å². The van der Waals surface area contributed by atoms with Gasteiger partial charge in [0, 0.05) is 6.54 Å². The molecule has 9 heteroatoms. The Kier molecular flexibility index (Phi) is 5.69. The van der Waals surface area contributed by atoms with E-state index >= 15 is 0 Å². The van der Waals surface area contributed by atoms with E-state index in [2.05, 4.69) is 22.2 Å². The topological polar surface area (TPSA) is 87.5 Å². The zero-order valence-corrected chi connectivity index (χ0v) is 16.6. The number of carbonyl (C=O) groups excluding carboxylic acids is 1. The summed E-state index contributed by atoms with van der Waals surface area (Å²) in [4.78, 5) is 14.7. The summed E-state index contributed by atoms with van der Waals surface area (Å²) < 4.78 is 26.7. The van der Waals surface area contributed by atoms with Crippen LogP contribution < -0.4 is 5.32 Å². The van der Waals surface area contributed by atoms with Crippen LogP contribution in [0.1, 0.15) is 38.1 Å². The predicted molar refractivity (Wildman–Crippen MR) is 98.8 cm³/mol. The fraction of sp³-hybridized carbons (Fsp3) is 0.765. The van der Waals surface area contributed by atoms with Crippen LogP contribution in [0.5, 0.6) is 0 Å². The first kappa shape index (κ1) is 19.3. The number of piperidine rings is 1. The zero-order chi connectivity index (χ0) is 18.9. The molecule has 1 amide bonds. The van der Waals surface area contributed by atoms with Crippen molar-refractivity contribution < 1.29 is 13.2 Å². The van der Waals surface area contributed by atoms with Crippen LogP contribution in [0.3, 0.4) is 0 Å². The van der Waals surface area contributed by atoms with Crippen LogP contribution in [0.25, 0.3) is 0 Å². The van der Waals surface area contributed by atoms with E-state index in [0.717, 1.165) is 43.2 Å². The smallest absolute Gasteiger partial charge is 0.237 e. The van der Waals surface area contributed by atoms with E-state index in [1.165, 1.54) is 10.6 Å². The number of nitrogens with zero attached hydrogens (tertiary/aromatic N) is 4. The molecule has 3 heterocycles. The van der Waals surface area contributed by atoms with Crippen LogP contribution in [0.2, 0.25) is 0 Å². The second kappa shape index (κ2) is 7.66. The Hall–Kier alpha value is -1.45. The summed E-state index contributed by atoms with van der Waals surface area (Å²) in [5.74, 6) is 0.758. The summed E-state index contributed by atoms with van der Waals surface area (Å²) in [5.41, 5.74) is 1.63. The van der Waals surface area contributed by atoms with Gasteiger partial charge in [-0.15, -0.1) is 0 Å². The average Bonchev–Trinajstić information content (AvgIpc) is 3.01. The lowest BCUT2D eigenvalue weighted by Gasteiger charge is -2.34. The first-order valence-electron chi connectivity index (χ1n) is 9.26. The van der Waals surface area contributed by atoms with E-state index in [9.17, 15) is 13.2 Å². The first-order valence-corrected chi connectivity index (χ1v) is 11.1. The Labute approximate surface area is 155 Å². The van der Waals surface area contributed by atoms with Crippen molar-refractivity contribution in [2.75, 3.05) is 25.9 Å². The molecule has 146 valence electrons. The van der Waals surface area contributed by atoms with Gasteiger partial charge >= 0.3 is 0 Å². The van der Waals surface area contributed by atoms with Gasteiger partial charge in [-0.2, -0.15) is 9.40 Å². The molecule has 0 bridgehead atoms. The summed E-state index contributed by atoms with van der Waals surface area (Å²) in [6, 6.07) is 1.74. The van der Waals surface area contributed by atoms with E-state index < -0.39 is 10.0 Å².